The SMILES string of the molecule is Cc1cccc(Oc2ccc(F)cc2C(C)O)c1. The molecular weight excluding hydrogens is 231 g/mol. The molecule has 0 saturated carbocycles. The molecule has 2 aromatic rings. The van der Waals surface area contributed by atoms with Gasteiger partial charge in [-0.15, -0.1) is 0 Å². The molecule has 0 aliphatic carbocycles. The van der Waals surface area contributed by atoms with Crippen molar-refractivity contribution < 1.29 is 14.2 Å². The molecule has 0 radical (unpaired) electrons. The van der Waals surface area contributed by atoms with Gasteiger partial charge >= 0.3 is 0 Å². The number of ether oxygens (including phenoxy) is 1. The van der Waals surface area contributed by atoms with Crippen molar-refractivity contribution >= 4 is 0 Å². The van der Waals surface area contributed by atoms with Crippen LogP contribution in [0.3, 0.4) is 0 Å². The van der Waals surface area contributed by atoms with Crippen LogP contribution in [0, 0.1) is 12.7 Å². The van der Waals surface area contributed by atoms with Crippen LogP contribution in [-0.4, -0.2) is 5.11 Å². The maximum absolute atomic E-state index is 13.1. The van der Waals surface area contributed by atoms with Crippen molar-refractivity contribution in [2.45, 2.75) is 20.0 Å². The Morgan fingerprint density at radius 1 is 1.17 bits per heavy atom. The lowest BCUT2D eigenvalue weighted by atomic mass is 10.1. The van der Waals surface area contributed by atoms with Crippen molar-refractivity contribution in [2.24, 2.45) is 0 Å². The van der Waals surface area contributed by atoms with Gasteiger partial charge in [0.15, 0.2) is 0 Å². The van der Waals surface area contributed by atoms with E-state index in [1.807, 2.05) is 31.2 Å². The topological polar surface area (TPSA) is 29.5 Å². The third kappa shape index (κ3) is 2.87. The first-order chi connectivity index (χ1) is 8.56. The Balaban J connectivity index is 2.34. The van der Waals surface area contributed by atoms with Gasteiger partial charge in [0, 0.05) is 5.56 Å². The standard InChI is InChI=1S/C15H15FO2/c1-10-4-3-5-13(8-10)18-15-7-6-12(16)9-14(15)11(2)17/h3-9,11,17H,1-2H3. The highest BCUT2D eigenvalue weighted by Crippen LogP contribution is 2.30. The third-order valence-corrected chi connectivity index (χ3v) is 2.64. The zero-order valence-corrected chi connectivity index (χ0v) is 10.4. The Kier molecular flexibility index (Phi) is 3.63. The second-order valence-electron chi connectivity index (χ2n) is 4.28. The van der Waals surface area contributed by atoms with E-state index in [1.165, 1.54) is 18.2 Å². The average molecular weight is 246 g/mol. The number of aliphatic hydroxyl groups is 1. The molecule has 0 amide bonds. The van der Waals surface area contributed by atoms with Gasteiger partial charge in [-0.05, 0) is 49.7 Å². The van der Waals surface area contributed by atoms with Gasteiger partial charge in [0.1, 0.15) is 17.3 Å². The molecule has 0 spiro atoms. The normalized spacial score (nSPS) is 12.2. The largest absolute Gasteiger partial charge is 0.457 e. The van der Waals surface area contributed by atoms with Crippen molar-refractivity contribution in [3.8, 4) is 11.5 Å². The van der Waals surface area contributed by atoms with Gasteiger partial charge in [-0.3, -0.25) is 0 Å². The molecule has 1 unspecified atom stereocenters. The maximum Gasteiger partial charge on any atom is 0.133 e. The Hall–Kier alpha value is -1.87. The number of aliphatic hydroxyl groups excluding tert-OH is 1. The first-order valence-electron chi connectivity index (χ1n) is 5.78. The third-order valence-electron chi connectivity index (χ3n) is 2.64. The lowest BCUT2D eigenvalue weighted by molar-refractivity contribution is 0.195. The summed E-state index contributed by atoms with van der Waals surface area (Å²) in [6.07, 6.45) is -0.777. The molecule has 2 aromatic carbocycles. The minimum Gasteiger partial charge on any atom is -0.457 e. The molecule has 0 aromatic heterocycles. The van der Waals surface area contributed by atoms with Crippen LogP contribution in [0.2, 0.25) is 0 Å². The molecular formula is C15H15FO2. The van der Waals surface area contributed by atoms with Gasteiger partial charge in [0.25, 0.3) is 0 Å². The summed E-state index contributed by atoms with van der Waals surface area (Å²) in [5.41, 5.74) is 1.52. The van der Waals surface area contributed by atoms with Crippen LogP contribution in [0.4, 0.5) is 4.39 Å². The second kappa shape index (κ2) is 5.19. The molecule has 0 saturated heterocycles. The number of hydrogen-bond acceptors (Lipinski definition) is 2. The minimum atomic E-state index is -0.777. The Bertz CT molecular complexity index is 550. The summed E-state index contributed by atoms with van der Waals surface area (Å²) < 4.78 is 18.8. The molecule has 3 heteroatoms. The van der Waals surface area contributed by atoms with Crippen LogP contribution in [0.5, 0.6) is 11.5 Å². The van der Waals surface area contributed by atoms with Gasteiger partial charge in [-0.2, -0.15) is 0 Å². The monoisotopic (exact) mass is 246 g/mol. The first kappa shape index (κ1) is 12.6. The molecule has 0 aliphatic rings. The smallest absolute Gasteiger partial charge is 0.133 e. The summed E-state index contributed by atoms with van der Waals surface area (Å²) in [7, 11) is 0. The van der Waals surface area contributed by atoms with E-state index in [9.17, 15) is 9.50 Å². The van der Waals surface area contributed by atoms with Crippen LogP contribution in [0.1, 0.15) is 24.2 Å². The van der Waals surface area contributed by atoms with E-state index in [1.54, 1.807) is 6.92 Å². The lowest BCUT2D eigenvalue weighted by Crippen LogP contribution is -1.97. The van der Waals surface area contributed by atoms with E-state index in [4.69, 9.17) is 4.74 Å². The first-order valence-corrected chi connectivity index (χ1v) is 5.78. The number of rotatable bonds is 3. The van der Waals surface area contributed by atoms with Gasteiger partial charge in [-0.25, -0.2) is 4.39 Å². The fourth-order valence-electron chi connectivity index (χ4n) is 1.74. The molecule has 2 rings (SSSR count). The van der Waals surface area contributed by atoms with Gasteiger partial charge < -0.3 is 9.84 Å². The van der Waals surface area contributed by atoms with E-state index in [2.05, 4.69) is 0 Å². The van der Waals surface area contributed by atoms with Crippen molar-refractivity contribution in [3.63, 3.8) is 0 Å². The van der Waals surface area contributed by atoms with E-state index < -0.39 is 6.10 Å². The molecule has 0 aliphatic heterocycles. The fourth-order valence-corrected chi connectivity index (χ4v) is 1.74. The highest BCUT2D eigenvalue weighted by molar-refractivity contribution is 5.40. The number of hydrogen-bond donors (Lipinski definition) is 1. The molecule has 0 bridgehead atoms. The minimum absolute atomic E-state index is 0.387. The molecule has 18 heavy (non-hydrogen) atoms. The zero-order chi connectivity index (χ0) is 13.1. The van der Waals surface area contributed by atoms with Gasteiger partial charge in [0.2, 0.25) is 0 Å². The van der Waals surface area contributed by atoms with Crippen LogP contribution in [-0.2, 0) is 0 Å². The van der Waals surface area contributed by atoms with Crippen molar-refractivity contribution in [2.75, 3.05) is 0 Å². The molecule has 0 fully saturated rings. The predicted octanol–water partition coefficient (Wildman–Crippen LogP) is 3.98. The summed E-state index contributed by atoms with van der Waals surface area (Å²) >= 11 is 0. The van der Waals surface area contributed by atoms with Gasteiger partial charge in [0.05, 0.1) is 6.10 Å². The van der Waals surface area contributed by atoms with Crippen molar-refractivity contribution in [1.82, 2.24) is 0 Å². The molecule has 94 valence electrons. The predicted molar refractivity (Wildman–Crippen MR) is 68.3 cm³/mol. The summed E-state index contributed by atoms with van der Waals surface area (Å²) in [4.78, 5) is 0. The van der Waals surface area contributed by atoms with E-state index in [0.29, 0.717) is 17.1 Å². The lowest BCUT2D eigenvalue weighted by Gasteiger charge is -2.13. The summed E-state index contributed by atoms with van der Waals surface area (Å²) in [6, 6.07) is 11.7. The fraction of sp³-hybridized carbons (Fsp3) is 0.200. The summed E-state index contributed by atoms with van der Waals surface area (Å²) in [5.74, 6) is 0.753. The number of halogens is 1. The molecule has 0 heterocycles. The Labute approximate surface area is 106 Å². The second-order valence-corrected chi connectivity index (χ2v) is 4.28. The number of aryl methyl sites for hydroxylation is 1. The van der Waals surface area contributed by atoms with E-state index >= 15 is 0 Å². The molecule has 1 atom stereocenters. The average Bonchev–Trinajstić information content (AvgIpc) is 2.31. The quantitative estimate of drug-likeness (QED) is 0.887. The summed E-state index contributed by atoms with van der Waals surface area (Å²) in [6.45, 7) is 3.55. The highest BCUT2D eigenvalue weighted by Gasteiger charge is 2.11. The van der Waals surface area contributed by atoms with E-state index in [0.717, 1.165) is 5.56 Å². The zero-order valence-electron chi connectivity index (χ0n) is 10.4. The van der Waals surface area contributed by atoms with E-state index in [-0.39, 0.29) is 5.82 Å². The van der Waals surface area contributed by atoms with Crippen LogP contribution in [0.15, 0.2) is 42.5 Å². The molecule has 1 N–H and O–H groups in total. The Morgan fingerprint density at radius 2 is 1.94 bits per heavy atom. The van der Waals surface area contributed by atoms with Crippen LogP contribution in [0.25, 0.3) is 0 Å². The Morgan fingerprint density at radius 3 is 2.61 bits per heavy atom. The molecule has 2 nitrogen and oxygen atoms in total. The van der Waals surface area contributed by atoms with Crippen LogP contribution >= 0.6 is 0 Å². The van der Waals surface area contributed by atoms with Gasteiger partial charge in [-0.1, -0.05) is 12.1 Å². The van der Waals surface area contributed by atoms with Crippen molar-refractivity contribution in [3.05, 3.63) is 59.4 Å². The van der Waals surface area contributed by atoms with Crippen molar-refractivity contribution in [1.29, 1.82) is 0 Å². The summed E-state index contributed by atoms with van der Waals surface area (Å²) in [5, 5.41) is 9.61. The van der Waals surface area contributed by atoms with Crippen LogP contribution < -0.4 is 4.74 Å². The highest BCUT2D eigenvalue weighted by atomic mass is 19.1. The maximum atomic E-state index is 13.1. The number of benzene rings is 2.